The average molecular weight is 412 g/mol. The molecule has 1 unspecified atom stereocenters. The summed E-state index contributed by atoms with van der Waals surface area (Å²) < 4.78 is 21.4. The highest BCUT2D eigenvalue weighted by Gasteiger charge is 2.42. The van der Waals surface area contributed by atoms with E-state index in [1.807, 2.05) is 42.5 Å². The van der Waals surface area contributed by atoms with Gasteiger partial charge in [-0.15, -0.1) is 0 Å². The van der Waals surface area contributed by atoms with Crippen molar-refractivity contribution >= 4 is 17.3 Å². The fourth-order valence-electron chi connectivity index (χ4n) is 3.94. The van der Waals surface area contributed by atoms with E-state index < -0.39 is 5.60 Å². The molecule has 0 spiro atoms. The number of rotatable bonds is 6. The van der Waals surface area contributed by atoms with Crippen molar-refractivity contribution in [2.45, 2.75) is 12.0 Å². The summed E-state index contributed by atoms with van der Waals surface area (Å²) in [4.78, 5) is 0. The summed E-state index contributed by atoms with van der Waals surface area (Å²) in [5, 5.41) is 3.66. The number of hydrogen-bond acceptors (Lipinski definition) is 4. The Morgan fingerprint density at radius 3 is 2.52 bits per heavy atom. The molecule has 150 valence electrons. The molecule has 0 aromatic heterocycles. The molecule has 0 saturated carbocycles. The van der Waals surface area contributed by atoms with E-state index in [0.29, 0.717) is 47.1 Å². The summed E-state index contributed by atoms with van der Waals surface area (Å²) in [6, 6.07) is 18.4. The third-order valence-corrected chi connectivity index (χ3v) is 5.65. The van der Waals surface area contributed by atoms with Crippen molar-refractivity contribution < 1.29 is 9.13 Å². The maximum absolute atomic E-state index is 15.0. The van der Waals surface area contributed by atoms with Crippen molar-refractivity contribution in [3.05, 3.63) is 82.6 Å². The Balaban J connectivity index is 1.87. The van der Waals surface area contributed by atoms with E-state index in [1.54, 1.807) is 12.1 Å². The zero-order chi connectivity index (χ0) is 20.4. The van der Waals surface area contributed by atoms with Crippen LogP contribution in [0.15, 0.2) is 60.7 Å². The summed E-state index contributed by atoms with van der Waals surface area (Å²) in [6.07, 6.45) is 0.503. The van der Waals surface area contributed by atoms with Crippen molar-refractivity contribution in [2.24, 2.45) is 11.5 Å². The van der Waals surface area contributed by atoms with E-state index in [2.05, 4.69) is 5.32 Å². The molecule has 3 aromatic carbocycles. The lowest BCUT2D eigenvalue weighted by Gasteiger charge is -2.27. The number of halogens is 2. The van der Waals surface area contributed by atoms with Crippen LogP contribution in [0.25, 0.3) is 11.1 Å². The van der Waals surface area contributed by atoms with Crippen LogP contribution in [-0.2, 0) is 12.0 Å². The first-order chi connectivity index (χ1) is 14.1. The smallest absolute Gasteiger partial charge is 0.150 e. The Labute approximate surface area is 174 Å². The molecule has 4 nitrogen and oxygen atoms in total. The molecule has 1 atom stereocenters. The number of ether oxygens (including phenoxy) is 1. The predicted octanol–water partition coefficient (Wildman–Crippen LogP) is 4.31. The van der Waals surface area contributed by atoms with Crippen LogP contribution in [0.4, 0.5) is 10.1 Å². The Morgan fingerprint density at radius 1 is 1.00 bits per heavy atom. The number of nitrogens with one attached hydrogen (secondary N) is 1. The highest BCUT2D eigenvalue weighted by Crippen LogP contribution is 2.49. The lowest BCUT2D eigenvalue weighted by Crippen LogP contribution is -2.39. The molecule has 5 N–H and O–H groups in total. The SMILES string of the molecule is NCCNc1cccc(F)c1-c1c(Cl)ccc2c1CC(CN)(c1ccccc1)O2. The van der Waals surface area contributed by atoms with Gasteiger partial charge in [-0.05, 0) is 29.8 Å². The van der Waals surface area contributed by atoms with Crippen molar-refractivity contribution in [1.29, 1.82) is 0 Å². The quantitative estimate of drug-likeness (QED) is 0.565. The van der Waals surface area contributed by atoms with Gasteiger partial charge >= 0.3 is 0 Å². The van der Waals surface area contributed by atoms with Crippen molar-refractivity contribution in [1.82, 2.24) is 0 Å². The first kappa shape index (κ1) is 19.7. The van der Waals surface area contributed by atoms with Gasteiger partial charge in [-0.3, -0.25) is 0 Å². The molecular weight excluding hydrogens is 389 g/mol. The van der Waals surface area contributed by atoms with Crippen LogP contribution in [0.2, 0.25) is 5.02 Å². The van der Waals surface area contributed by atoms with Crippen LogP contribution >= 0.6 is 11.6 Å². The van der Waals surface area contributed by atoms with Crippen LogP contribution in [-0.4, -0.2) is 19.6 Å². The van der Waals surface area contributed by atoms with E-state index in [4.69, 9.17) is 27.8 Å². The van der Waals surface area contributed by atoms with Gasteiger partial charge in [0.15, 0.2) is 5.60 Å². The molecule has 0 aliphatic carbocycles. The zero-order valence-corrected chi connectivity index (χ0v) is 16.7. The summed E-state index contributed by atoms with van der Waals surface area (Å²) in [6.45, 7) is 1.25. The fraction of sp³-hybridized carbons (Fsp3) is 0.217. The third-order valence-electron chi connectivity index (χ3n) is 5.34. The summed E-state index contributed by atoms with van der Waals surface area (Å²) in [5.41, 5.74) is 14.6. The van der Waals surface area contributed by atoms with Gasteiger partial charge in [0.2, 0.25) is 0 Å². The lowest BCUT2D eigenvalue weighted by molar-refractivity contribution is 0.103. The second-order valence-electron chi connectivity index (χ2n) is 7.12. The van der Waals surface area contributed by atoms with Crippen LogP contribution in [0.1, 0.15) is 11.1 Å². The van der Waals surface area contributed by atoms with Gasteiger partial charge in [-0.1, -0.05) is 48.0 Å². The zero-order valence-electron chi connectivity index (χ0n) is 15.9. The molecule has 1 aliphatic rings. The average Bonchev–Trinajstić information content (AvgIpc) is 3.14. The van der Waals surface area contributed by atoms with Gasteiger partial charge < -0.3 is 21.5 Å². The first-order valence-corrected chi connectivity index (χ1v) is 9.96. The molecule has 29 heavy (non-hydrogen) atoms. The van der Waals surface area contributed by atoms with Gasteiger partial charge in [0, 0.05) is 53.5 Å². The monoisotopic (exact) mass is 411 g/mol. The number of fused-ring (bicyclic) bond motifs is 1. The van der Waals surface area contributed by atoms with Crippen molar-refractivity contribution in [3.8, 4) is 16.9 Å². The molecule has 1 heterocycles. The van der Waals surface area contributed by atoms with Crippen LogP contribution in [0, 0.1) is 5.82 Å². The summed E-state index contributed by atoms with van der Waals surface area (Å²) in [5.74, 6) is 0.319. The molecule has 3 aromatic rings. The van der Waals surface area contributed by atoms with Crippen LogP contribution in [0.3, 0.4) is 0 Å². The maximum Gasteiger partial charge on any atom is 0.150 e. The molecule has 0 amide bonds. The van der Waals surface area contributed by atoms with Gasteiger partial charge in [0.05, 0.1) is 0 Å². The molecule has 6 heteroatoms. The topological polar surface area (TPSA) is 73.3 Å². The predicted molar refractivity (Wildman–Crippen MR) is 116 cm³/mol. The summed E-state index contributed by atoms with van der Waals surface area (Å²) >= 11 is 6.60. The van der Waals surface area contributed by atoms with Crippen molar-refractivity contribution in [2.75, 3.05) is 25.0 Å². The van der Waals surface area contributed by atoms with E-state index in [1.165, 1.54) is 6.07 Å². The van der Waals surface area contributed by atoms with Gasteiger partial charge in [0.25, 0.3) is 0 Å². The first-order valence-electron chi connectivity index (χ1n) is 9.58. The Hall–Kier alpha value is -2.60. The fourth-order valence-corrected chi connectivity index (χ4v) is 4.21. The van der Waals surface area contributed by atoms with E-state index in [9.17, 15) is 0 Å². The molecule has 1 aliphatic heterocycles. The Bertz CT molecular complexity index is 1030. The molecule has 0 fully saturated rings. The van der Waals surface area contributed by atoms with E-state index in [0.717, 1.165) is 11.1 Å². The second kappa shape index (κ2) is 8.03. The van der Waals surface area contributed by atoms with Gasteiger partial charge in [0.1, 0.15) is 11.6 Å². The highest BCUT2D eigenvalue weighted by atomic mass is 35.5. The molecule has 4 rings (SSSR count). The van der Waals surface area contributed by atoms with Gasteiger partial charge in [-0.2, -0.15) is 0 Å². The van der Waals surface area contributed by atoms with Crippen LogP contribution in [0.5, 0.6) is 5.75 Å². The molecule has 0 radical (unpaired) electrons. The van der Waals surface area contributed by atoms with Crippen LogP contribution < -0.4 is 21.5 Å². The Morgan fingerprint density at radius 2 is 1.79 bits per heavy atom. The largest absolute Gasteiger partial charge is 0.481 e. The minimum absolute atomic E-state index is 0.290. The lowest BCUT2D eigenvalue weighted by atomic mass is 9.86. The normalized spacial score (nSPS) is 17.7. The minimum Gasteiger partial charge on any atom is -0.481 e. The molecule has 0 saturated heterocycles. The molecular formula is C23H23ClFN3O. The Kier molecular flexibility index (Phi) is 5.46. The standard InChI is InChI=1S/C23H23ClFN3O/c24-17-9-10-20-16(13-23(14-27,29-20)15-5-2-1-3-6-15)21(17)22-18(25)7-4-8-19(22)28-12-11-26/h1-10,28H,11-14,26-27H2. The van der Waals surface area contributed by atoms with Gasteiger partial charge in [-0.25, -0.2) is 4.39 Å². The highest BCUT2D eigenvalue weighted by molar-refractivity contribution is 6.33. The number of nitrogens with two attached hydrogens (primary N) is 2. The summed E-state index contributed by atoms with van der Waals surface area (Å²) in [7, 11) is 0. The van der Waals surface area contributed by atoms with E-state index in [-0.39, 0.29) is 12.4 Å². The number of hydrogen-bond donors (Lipinski definition) is 3. The van der Waals surface area contributed by atoms with Crippen molar-refractivity contribution in [3.63, 3.8) is 0 Å². The minimum atomic E-state index is -0.709. The third kappa shape index (κ3) is 3.46. The van der Waals surface area contributed by atoms with E-state index >= 15 is 4.39 Å². The number of anilines is 1. The molecule has 0 bridgehead atoms. The second-order valence-corrected chi connectivity index (χ2v) is 7.53. The maximum atomic E-state index is 15.0. The number of benzene rings is 3.